The quantitative estimate of drug-likeness (QED) is 0.630. The van der Waals surface area contributed by atoms with Crippen molar-refractivity contribution in [2.24, 2.45) is 5.92 Å². The zero-order valence-electron chi connectivity index (χ0n) is 20.6. The normalized spacial score (nSPS) is 24.7. The number of amides is 1. The van der Waals surface area contributed by atoms with E-state index in [9.17, 15) is 9.90 Å². The van der Waals surface area contributed by atoms with Gasteiger partial charge >= 0.3 is 0 Å². The van der Waals surface area contributed by atoms with Gasteiger partial charge in [0.1, 0.15) is 0 Å². The molecule has 1 aliphatic heterocycles. The smallest absolute Gasteiger partial charge is 0.238 e. The Morgan fingerprint density at radius 1 is 1.06 bits per heavy atom. The van der Waals surface area contributed by atoms with E-state index in [4.69, 9.17) is 14.2 Å². The molecule has 1 saturated heterocycles. The van der Waals surface area contributed by atoms with Gasteiger partial charge in [-0.05, 0) is 56.0 Å². The summed E-state index contributed by atoms with van der Waals surface area (Å²) in [4.78, 5) is 15.2. The molecule has 7 heteroatoms. The van der Waals surface area contributed by atoms with Crippen molar-refractivity contribution in [3.05, 3.63) is 47.5 Å². The van der Waals surface area contributed by atoms with E-state index in [2.05, 4.69) is 10.2 Å². The number of fused-ring (bicyclic) bond motifs is 1. The van der Waals surface area contributed by atoms with Gasteiger partial charge in [0.25, 0.3) is 0 Å². The number of hydrogen-bond donors (Lipinski definition) is 2. The van der Waals surface area contributed by atoms with Crippen LogP contribution in [0.4, 0.5) is 5.69 Å². The highest BCUT2D eigenvalue weighted by Crippen LogP contribution is 2.51. The molecule has 2 aromatic carbocycles. The molecule has 1 saturated carbocycles. The Balaban J connectivity index is 1.67. The summed E-state index contributed by atoms with van der Waals surface area (Å²) in [7, 11) is 4.79. The van der Waals surface area contributed by atoms with Crippen LogP contribution < -0.4 is 19.5 Å². The van der Waals surface area contributed by atoms with E-state index < -0.39 is 5.60 Å². The first kappa shape index (κ1) is 24.4. The summed E-state index contributed by atoms with van der Waals surface area (Å²) in [6, 6.07) is 11.6. The third-order valence-electron chi connectivity index (χ3n) is 7.38. The Hall–Kier alpha value is -2.77. The van der Waals surface area contributed by atoms with Crippen LogP contribution in [0.25, 0.3) is 0 Å². The van der Waals surface area contributed by atoms with Gasteiger partial charge in [-0.2, -0.15) is 0 Å². The van der Waals surface area contributed by atoms with Gasteiger partial charge in [-0.1, -0.05) is 30.5 Å². The molecule has 184 valence electrons. The fourth-order valence-corrected chi connectivity index (χ4v) is 5.66. The van der Waals surface area contributed by atoms with Gasteiger partial charge in [0.2, 0.25) is 11.7 Å². The summed E-state index contributed by atoms with van der Waals surface area (Å²) in [5.74, 6) is 1.64. The number of carbonyl (C=O) groups excluding carboxylic acids is 1. The first-order valence-electron chi connectivity index (χ1n) is 12.0. The van der Waals surface area contributed by atoms with Gasteiger partial charge < -0.3 is 24.6 Å². The molecule has 0 aromatic heterocycles. The van der Waals surface area contributed by atoms with Gasteiger partial charge in [0, 0.05) is 24.2 Å². The van der Waals surface area contributed by atoms with E-state index in [1.807, 2.05) is 43.3 Å². The molecule has 1 heterocycles. The predicted molar refractivity (Wildman–Crippen MR) is 132 cm³/mol. The fourth-order valence-electron chi connectivity index (χ4n) is 5.66. The molecule has 34 heavy (non-hydrogen) atoms. The number of nitrogens with one attached hydrogen (secondary N) is 1. The Kier molecular flexibility index (Phi) is 7.33. The van der Waals surface area contributed by atoms with Crippen LogP contribution in [0.5, 0.6) is 17.2 Å². The van der Waals surface area contributed by atoms with E-state index in [-0.39, 0.29) is 24.4 Å². The number of hydrogen-bond acceptors (Lipinski definition) is 6. The molecule has 7 nitrogen and oxygen atoms in total. The number of benzene rings is 2. The van der Waals surface area contributed by atoms with Gasteiger partial charge in [-0.25, -0.2) is 0 Å². The summed E-state index contributed by atoms with van der Waals surface area (Å²) >= 11 is 0. The fraction of sp³-hybridized carbons (Fsp3) is 0.519. The molecule has 1 aliphatic carbocycles. The minimum absolute atomic E-state index is 0.0185. The number of aliphatic hydroxyl groups is 1. The molecule has 4 rings (SSSR count). The summed E-state index contributed by atoms with van der Waals surface area (Å²) in [6.45, 7) is 2.89. The standard InChI is InChI=1S/C27H36N2O5/c1-18-8-10-20(11-9-18)28-24(30)17-29-14-13-27(31)12-6-5-7-21(27)25(29)19-15-22(32-2)26(34-4)23(16-19)33-3/h8-11,15-16,21,25,31H,5-7,12-14,17H2,1-4H3,(H,28,30)/t21-,25-,27-/m1/s1. The Morgan fingerprint density at radius 3 is 2.35 bits per heavy atom. The maximum absolute atomic E-state index is 13.0. The van der Waals surface area contributed by atoms with E-state index >= 15 is 0 Å². The molecule has 3 atom stereocenters. The Labute approximate surface area is 202 Å². The molecule has 2 N–H and O–H groups in total. The topological polar surface area (TPSA) is 80.3 Å². The van der Waals surface area contributed by atoms with Crippen molar-refractivity contribution in [2.45, 2.75) is 50.7 Å². The minimum Gasteiger partial charge on any atom is -0.493 e. The molecular weight excluding hydrogens is 432 g/mol. The second-order valence-electron chi connectivity index (χ2n) is 9.49. The SMILES string of the molecule is COc1cc([C@@H]2[C@H]3CCCC[C@@]3(O)CCN2CC(=O)Nc2ccc(C)cc2)cc(OC)c1OC. The average molecular weight is 469 g/mol. The van der Waals surface area contributed by atoms with Crippen molar-refractivity contribution in [2.75, 3.05) is 39.7 Å². The molecule has 0 unspecified atom stereocenters. The molecule has 0 radical (unpaired) electrons. The van der Waals surface area contributed by atoms with Crippen LogP contribution in [0.2, 0.25) is 0 Å². The first-order valence-corrected chi connectivity index (χ1v) is 12.0. The summed E-state index contributed by atoms with van der Waals surface area (Å²) in [5, 5.41) is 14.6. The Bertz CT molecular complexity index is 984. The highest BCUT2D eigenvalue weighted by atomic mass is 16.5. The molecule has 2 fully saturated rings. The Morgan fingerprint density at radius 2 is 1.74 bits per heavy atom. The highest BCUT2D eigenvalue weighted by Gasteiger charge is 2.49. The molecule has 0 bridgehead atoms. The summed E-state index contributed by atoms with van der Waals surface area (Å²) in [5.41, 5.74) is 2.16. The van der Waals surface area contributed by atoms with Gasteiger partial charge in [0.05, 0.1) is 33.5 Å². The lowest BCUT2D eigenvalue weighted by Gasteiger charge is -2.52. The van der Waals surface area contributed by atoms with Crippen molar-refractivity contribution in [3.63, 3.8) is 0 Å². The zero-order valence-corrected chi connectivity index (χ0v) is 20.6. The molecular formula is C27H36N2O5. The van der Waals surface area contributed by atoms with Gasteiger partial charge in [0.15, 0.2) is 11.5 Å². The third-order valence-corrected chi connectivity index (χ3v) is 7.38. The number of ether oxygens (including phenoxy) is 3. The number of aryl methyl sites for hydroxylation is 1. The number of anilines is 1. The van der Waals surface area contributed by atoms with Gasteiger partial charge in [-0.15, -0.1) is 0 Å². The van der Waals surface area contributed by atoms with Crippen LogP contribution >= 0.6 is 0 Å². The monoisotopic (exact) mass is 468 g/mol. The summed E-state index contributed by atoms with van der Waals surface area (Å²) < 4.78 is 16.7. The second kappa shape index (κ2) is 10.2. The number of likely N-dealkylation sites (tertiary alicyclic amines) is 1. The van der Waals surface area contributed by atoms with Crippen LogP contribution in [0.15, 0.2) is 36.4 Å². The number of nitrogens with zero attached hydrogens (tertiary/aromatic N) is 1. The van der Waals surface area contributed by atoms with Crippen LogP contribution in [-0.2, 0) is 4.79 Å². The highest BCUT2D eigenvalue weighted by molar-refractivity contribution is 5.92. The van der Waals surface area contributed by atoms with Crippen LogP contribution in [0.1, 0.15) is 49.3 Å². The maximum Gasteiger partial charge on any atom is 0.238 e. The van der Waals surface area contributed by atoms with Crippen LogP contribution in [0.3, 0.4) is 0 Å². The lowest BCUT2D eigenvalue weighted by atomic mass is 9.66. The lowest BCUT2D eigenvalue weighted by Crippen LogP contribution is -2.56. The van der Waals surface area contributed by atoms with Crippen molar-refractivity contribution in [1.29, 1.82) is 0 Å². The van der Waals surface area contributed by atoms with Crippen LogP contribution in [0, 0.1) is 12.8 Å². The molecule has 1 amide bonds. The van der Waals surface area contributed by atoms with Crippen LogP contribution in [-0.4, -0.2) is 55.9 Å². The van der Waals surface area contributed by atoms with E-state index in [1.54, 1.807) is 21.3 Å². The van der Waals surface area contributed by atoms with E-state index in [0.29, 0.717) is 30.2 Å². The van der Waals surface area contributed by atoms with Crippen molar-refractivity contribution < 1.29 is 24.1 Å². The number of piperidine rings is 1. The van der Waals surface area contributed by atoms with Gasteiger partial charge in [-0.3, -0.25) is 9.69 Å². The average Bonchev–Trinajstić information content (AvgIpc) is 2.84. The van der Waals surface area contributed by atoms with E-state index in [1.165, 1.54) is 0 Å². The number of rotatable bonds is 7. The maximum atomic E-state index is 13.0. The van der Waals surface area contributed by atoms with E-state index in [0.717, 1.165) is 42.5 Å². The first-order chi connectivity index (χ1) is 16.4. The lowest BCUT2D eigenvalue weighted by molar-refractivity contribution is -0.135. The summed E-state index contributed by atoms with van der Waals surface area (Å²) in [6.07, 6.45) is 4.46. The zero-order chi connectivity index (χ0) is 24.3. The molecule has 2 aliphatic rings. The third kappa shape index (κ3) is 4.86. The number of methoxy groups -OCH3 is 3. The largest absolute Gasteiger partial charge is 0.493 e. The minimum atomic E-state index is -0.729. The van der Waals surface area contributed by atoms with Crippen molar-refractivity contribution >= 4 is 11.6 Å². The molecule has 0 spiro atoms. The van der Waals surface area contributed by atoms with Crippen molar-refractivity contribution in [3.8, 4) is 17.2 Å². The number of carbonyl (C=O) groups is 1. The van der Waals surface area contributed by atoms with Crippen molar-refractivity contribution in [1.82, 2.24) is 4.90 Å². The molecule has 2 aromatic rings. The predicted octanol–water partition coefficient (Wildman–Crippen LogP) is 4.33. The second-order valence-corrected chi connectivity index (χ2v) is 9.49.